The standard InChI is InChI=1S/C10H10BrN3OS/c11-7-3-2-6(16-7)8-13-9(14-15-8)10(12)4-1-5-10/h2-3H,1,4-5,12H2. The topological polar surface area (TPSA) is 64.9 Å². The van der Waals surface area contributed by atoms with Gasteiger partial charge in [-0.05, 0) is 47.3 Å². The van der Waals surface area contributed by atoms with Crippen molar-refractivity contribution >= 4 is 27.3 Å². The molecule has 1 aliphatic rings. The van der Waals surface area contributed by atoms with Crippen LogP contribution >= 0.6 is 27.3 Å². The van der Waals surface area contributed by atoms with Crippen molar-refractivity contribution in [3.63, 3.8) is 0 Å². The van der Waals surface area contributed by atoms with E-state index in [1.165, 1.54) is 0 Å². The van der Waals surface area contributed by atoms with Gasteiger partial charge in [0.15, 0.2) is 5.82 Å². The van der Waals surface area contributed by atoms with Gasteiger partial charge in [0, 0.05) is 0 Å². The number of hydrogen-bond donors (Lipinski definition) is 1. The molecule has 1 saturated carbocycles. The zero-order valence-corrected chi connectivity index (χ0v) is 10.8. The molecule has 16 heavy (non-hydrogen) atoms. The molecule has 1 fully saturated rings. The number of nitrogens with two attached hydrogens (primary N) is 1. The van der Waals surface area contributed by atoms with E-state index in [4.69, 9.17) is 10.3 Å². The van der Waals surface area contributed by atoms with Crippen LogP contribution in [0.2, 0.25) is 0 Å². The molecule has 0 aromatic carbocycles. The van der Waals surface area contributed by atoms with Crippen molar-refractivity contribution in [1.82, 2.24) is 10.1 Å². The van der Waals surface area contributed by atoms with Gasteiger partial charge < -0.3 is 10.3 Å². The molecule has 0 unspecified atom stereocenters. The Kier molecular flexibility index (Phi) is 2.38. The van der Waals surface area contributed by atoms with E-state index in [0.29, 0.717) is 11.7 Å². The highest BCUT2D eigenvalue weighted by molar-refractivity contribution is 9.11. The van der Waals surface area contributed by atoms with Crippen molar-refractivity contribution in [2.24, 2.45) is 5.73 Å². The minimum Gasteiger partial charge on any atom is -0.333 e. The Morgan fingerprint density at radius 1 is 1.44 bits per heavy atom. The van der Waals surface area contributed by atoms with Gasteiger partial charge in [-0.2, -0.15) is 4.98 Å². The van der Waals surface area contributed by atoms with Crippen LogP contribution in [-0.2, 0) is 5.54 Å². The van der Waals surface area contributed by atoms with Gasteiger partial charge >= 0.3 is 0 Å². The minimum atomic E-state index is -0.351. The molecule has 6 heteroatoms. The first-order chi connectivity index (χ1) is 7.67. The molecule has 0 atom stereocenters. The maximum absolute atomic E-state index is 6.13. The molecule has 4 nitrogen and oxygen atoms in total. The van der Waals surface area contributed by atoms with E-state index < -0.39 is 0 Å². The molecule has 0 spiro atoms. The van der Waals surface area contributed by atoms with Gasteiger partial charge in [0.1, 0.15) is 0 Å². The third kappa shape index (κ3) is 1.61. The van der Waals surface area contributed by atoms with Crippen LogP contribution in [0.15, 0.2) is 20.4 Å². The number of hydrogen-bond acceptors (Lipinski definition) is 5. The summed E-state index contributed by atoms with van der Waals surface area (Å²) >= 11 is 4.97. The first kappa shape index (κ1) is 10.4. The second-order valence-electron chi connectivity index (χ2n) is 4.04. The summed E-state index contributed by atoms with van der Waals surface area (Å²) in [5.74, 6) is 1.20. The predicted molar refractivity (Wildman–Crippen MR) is 65.0 cm³/mol. The maximum atomic E-state index is 6.13. The van der Waals surface area contributed by atoms with E-state index in [1.54, 1.807) is 11.3 Å². The molecule has 3 rings (SSSR count). The first-order valence-electron chi connectivity index (χ1n) is 5.06. The fourth-order valence-electron chi connectivity index (χ4n) is 1.74. The van der Waals surface area contributed by atoms with E-state index in [9.17, 15) is 0 Å². The molecule has 0 saturated heterocycles. The fraction of sp³-hybridized carbons (Fsp3) is 0.400. The lowest BCUT2D eigenvalue weighted by Crippen LogP contribution is -2.44. The average molecular weight is 300 g/mol. The summed E-state index contributed by atoms with van der Waals surface area (Å²) in [5, 5.41) is 3.98. The molecule has 0 aliphatic heterocycles. The molecule has 0 bridgehead atoms. The molecular formula is C10H10BrN3OS. The number of halogens is 1. The normalized spacial score (nSPS) is 18.4. The summed E-state index contributed by atoms with van der Waals surface area (Å²) in [7, 11) is 0. The molecule has 0 radical (unpaired) electrons. The van der Waals surface area contributed by atoms with Gasteiger partial charge in [0.05, 0.1) is 14.2 Å². The number of nitrogens with zero attached hydrogens (tertiary/aromatic N) is 2. The van der Waals surface area contributed by atoms with Crippen LogP contribution in [-0.4, -0.2) is 10.1 Å². The summed E-state index contributed by atoms with van der Waals surface area (Å²) in [4.78, 5) is 5.34. The Morgan fingerprint density at radius 3 is 2.81 bits per heavy atom. The number of rotatable bonds is 2. The maximum Gasteiger partial charge on any atom is 0.268 e. The largest absolute Gasteiger partial charge is 0.333 e. The lowest BCUT2D eigenvalue weighted by atomic mass is 9.77. The van der Waals surface area contributed by atoms with Crippen LogP contribution in [0.25, 0.3) is 10.8 Å². The third-order valence-electron chi connectivity index (χ3n) is 2.90. The Hall–Kier alpha value is -0.720. The number of thiophene rings is 1. The molecule has 2 aromatic heterocycles. The second kappa shape index (κ2) is 3.65. The quantitative estimate of drug-likeness (QED) is 0.926. The van der Waals surface area contributed by atoms with E-state index in [2.05, 4.69) is 26.1 Å². The van der Waals surface area contributed by atoms with Gasteiger partial charge in [-0.25, -0.2) is 0 Å². The molecular weight excluding hydrogens is 290 g/mol. The van der Waals surface area contributed by atoms with Crippen LogP contribution in [0, 0.1) is 0 Å². The zero-order valence-electron chi connectivity index (χ0n) is 8.44. The van der Waals surface area contributed by atoms with Crippen LogP contribution < -0.4 is 5.73 Å². The highest BCUT2D eigenvalue weighted by atomic mass is 79.9. The van der Waals surface area contributed by atoms with Crippen LogP contribution in [0.3, 0.4) is 0 Å². The molecule has 1 aliphatic carbocycles. The first-order valence-corrected chi connectivity index (χ1v) is 6.67. The monoisotopic (exact) mass is 299 g/mol. The summed E-state index contributed by atoms with van der Waals surface area (Å²) in [5.41, 5.74) is 5.78. The fourth-order valence-corrected chi connectivity index (χ4v) is 3.04. The van der Waals surface area contributed by atoms with Crippen LogP contribution in [0.5, 0.6) is 0 Å². The molecule has 2 heterocycles. The van der Waals surface area contributed by atoms with Crippen molar-refractivity contribution in [2.75, 3.05) is 0 Å². The summed E-state index contributed by atoms with van der Waals surface area (Å²) in [6.45, 7) is 0. The van der Waals surface area contributed by atoms with Gasteiger partial charge in [-0.1, -0.05) is 5.16 Å². The van der Waals surface area contributed by atoms with Gasteiger partial charge in [0.2, 0.25) is 0 Å². The predicted octanol–water partition coefficient (Wildman–Crippen LogP) is 2.90. The Bertz CT molecular complexity index is 518. The molecule has 84 valence electrons. The van der Waals surface area contributed by atoms with E-state index in [1.807, 2.05) is 12.1 Å². The van der Waals surface area contributed by atoms with Crippen molar-refractivity contribution in [3.8, 4) is 10.8 Å². The Morgan fingerprint density at radius 2 is 2.25 bits per heavy atom. The number of aromatic nitrogens is 2. The second-order valence-corrected chi connectivity index (χ2v) is 6.50. The Labute approximate surface area is 105 Å². The average Bonchev–Trinajstić information content (AvgIpc) is 2.82. The van der Waals surface area contributed by atoms with Crippen molar-refractivity contribution in [3.05, 3.63) is 21.7 Å². The summed E-state index contributed by atoms with van der Waals surface area (Å²) in [6, 6.07) is 3.92. The van der Waals surface area contributed by atoms with Crippen molar-refractivity contribution < 1.29 is 4.52 Å². The molecule has 2 N–H and O–H groups in total. The Balaban J connectivity index is 1.93. The molecule has 2 aromatic rings. The summed E-state index contributed by atoms with van der Waals surface area (Å²) in [6.07, 6.45) is 3.03. The van der Waals surface area contributed by atoms with Gasteiger partial charge in [0.25, 0.3) is 5.89 Å². The van der Waals surface area contributed by atoms with Gasteiger partial charge in [-0.15, -0.1) is 11.3 Å². The van der Waals surface area contributed by atoms with Crippen molar-refractivity contribution in [1.29, 1.82) is 0 Å². The molecule has 0 amide bonds. The van der Waals surface area contributed by atoms with Crippen molar-refractivity contribution in [2.45, 2.75) is 24.8 Å². The van der Waals surface area contributed by atoms with E-state index in [0.717, 1.165) is 27.9 Å². The van der Waals surface area contributed by atoms with E-state index >= 15 is 0 Å². The van der Waals surface area contributed by atoms with Crippen LogP contribution in [0.1, 0.15) is 25.1 Å². The lowest BCUT2D eigenvalue weighted by Gasteiger charge is -2.34. The lowest BCUT2D eigenvalue weighted by molar-refractivity contribution is 0.229. The zero-order chi connectivity index (χ0) is 11.2. The third-order valence-corrected chi connectivity index (χ3v) is 4.51. The smallest absolute Gasteiger partial charge is 0.268 e. The SMILES string of the molecule is NC1(c2noc(-c3ccc(Br)s3)n2)CCC1. The van der Waals surface area contributed by atoms with Gasteiger partial charge in [-0.3, -0.25) is 0 Å². The van der Waals surface area contributed by atoms with E-state index in [-0.39, 0.29) is 5.54 Å². The minimum absolute atomic E-state index is 0.351. The van der Waals surface area contributed by atoms with Crippen LogP contribution in [0.4, 0.5) is 0 Å². The highest BCUT2D eigenvalue weighted by Gasteiger charge is 2.39. The highest BCUT2D eigenvalue weighted by Crippen LogP contribution is 2.38. The summed E-state index contributed by atoms with van der Waals surface area (Å²) < 4.78 is 6.28.